The zero-order valence-corrected chi connectivity index (χ0v) is 17.9. The smallest absolute Gasteiger partial charge is 0.337 e. The van der Waals surface area contributed by atoms with E-state index in [1.807, 2.05) is 12.1 Å². The van der Waals surface area contributed by atoms with Gasteiger partial charge < -0.3 is 19.2 Å². The lowest BCUT2D eigenvalue weighted by molar-refractivity contribution is 0.0601. The Bertz CT molecular complexity index is 1220. The first-order valence-corrected chi connectivity index (χ1v) is 10.8. The summed E-state index contributed by atoms with van der Waals surface area (Å²) >= 11 is 0. The Kier molecular flexibility index (Phi) is 5.53. The van der Waals surface area contributed by atoms with Crippen LogP contribution < -0.4 is 15.0 Å². The van der Waals surface area contributed by atoms with Gasteiger partial charge in [0.15, 0.2) is 11.5 Å². The lowest BCUT2D eigenvalue weighted by Gasteiger charge is -2.28. The molecule has 0 amide bonds. The number of aromatic nitrogens is 2. The van der Waals surface area contributed by atoms with Crippen LogP contribution in [0.2, 0.25) is 0 Å². The standard InChI is InChI=1S/C24H25N3O5/c1-30-24(29)16-7-8-18-19(11-16)25-22(26-23(18)28)13-27(17-4-2-3-5-17)12-15-6-9-20-21(10-15)32-14-31-20/h6-11,17H,2-5,12-14H2,1H3,(H,25,26,28). The van der Waals surface area contributed by atoms with Gasteiger partial charge in [-0.05, 0) is 48.7 Å². The Morgan fingerprint density at radius 2 is 1.94 bits per heavy atom. The van der Waals surface area contributed by atoms with Gasteiger partial charge in [-0.25, -0.2) is 9.78 Å². The minimum atomic E-state index is -0.453. The summed E-state index contributed by atoms with van der Waals surface area (Å²) in [6.07, 6.45) is 4.64. The highest BCUT2D eigenvalue weighted by molar-refractivity contribution is 5.93. The Labute approximate surface area is 185 Å². The normalized spacial score (nSPS) is 15.6. The van der Waals surface area contributed by atoms with Gasteiger partial charge in [-0.3, -0.25) is 9.69 Å². The molecule has 1 fully saturated rings. The lowest BCUT2D eigenvalue weighted by atomic mass is 10.1. The van der Waals surface area contributed by atoms with E-state index in [9.17, 15) is 9.59 Å². The van der Waals surface area contributed by atoms with Gasteiger partial charge in [0.1, 0.15) is 5.82 Å². The fourth-order valence-corrected chi connectivity index (χ4v) is 4.56. The van der Waals surface area contributed by atoms with E-state index in [0.717, 1.165) is 29.9 Å². The Morgan fingerprint density at radius 3 is 2.75 bits per heavy atom. The first-order valence-electron chi connectivity index (χ1n) is 10.8. The van der Waals surface area contributed by atoms with Crippen LogP contribution in [-0.4, -0.2) is 40.8 Å². The van der Waals surface area contributed by atoms with Crippen LogP contribution in [0, 0.1) is 0 Å². The number of carbonyl (C=O) groups is 1. The molecule has 0 atom stereocenters. The molecule has 2 aliphatic rings. The Morgan fingerprint density at radius 1 is 1.12 bits per heavy atom. The third-order valence-electron chi connectivity index (χ3n) is 6.19. The second-order valence-electron chi connectivity index (χ2n) is 8.27. The fraction of sp³-hybridized carbons (Fsp3) is 0.375. The molecule has 0 spiro atoms. The van der Waals surface area contributed by atoms with E-state index in [-0.39, 0.29) is 12.4 Å². The molecule has 1 aliphatic heterocycles. The maximum absolute atomic E-state index is 12.7. The number of nitrogens with one attached hydrogen (secondary N) is 1. The topological polar surface area (TPSA) is 93.8 Å². The highest BCUT2D eigenvalue weighted by Gasteiger charge is 2.25. The van der Waals surface area contributed by atoms with Gasteiger partial charge in [-0.2, -0.15) is 0 Å². The van der Waals surface area contributed by atoms with E-state index < -0.39 is 5.97 Å². The monoisotopic (exact) mass is 435 g/mol. The van der Waals surface area contributed by atoms with Crippen LogP contribution >= 0.6 is 0 Å². The van der Waals surface area contributed by atoms with Gasteiger partial charge in [0.05, 0.1) is 30.1 Å². The number of ether oxygens (including phenoxy) is 3. The highest BCUT2D eigenvalue weighted by Crippen LogP contribution is 2.34. The molecule has 32 heavy (non-hydrogen) atoms. The molecule has 1 N–H and O–H groups in total. The zero-order valence-electron chi connectivity index (χ0n) is 17.9. The summed E-state index contributed by atoms with van der Waals surface area (Å²) in [4.78, 5) is 34.5. The number of benzene rings is 2. The number of aromatic amines is 1. The third kappa shape index (κ3) is 4.05. The van der Waals surface area contributed by atoms with Crippen molar-refractivity contribution in [3.05, 3.63) is 63.7 Å². The van der Waals surface area contributed by atoms with Crippen LogP contribution in [0.5, 0.6) is 11.5 Å². The van der Waals surface area contributed by atoms with E-state index in [0.29, 0.717) is 41.4 Å². The van der Waals surface area contributed by atoms with E-state index >= 15 is 0 Å². The summed E-state index contributed by atoms with van der Waals surface area (Å²) in [6, 6.07) is 11.2. The molecule has 1 saturated carbocycles. The second kappa shape index (κ2) is 8.63. The van der Waals surface area contributed by atoms with Crippen LogP contribution in [0.4, 0.5) is 0 Å². The van der Waals surface area contributed by atoms with Crippen molar-refractivity contribution in [2.24, 2.45) is 0 Å². The number of fused-ring (bicyclic) bond motifs is 2. The molecular weight excluding hydrogens is 410 g/mol. The minimum absolute atomic E-state index is 0.212. The van der Waals surface area contributed by atoms with Crippen LogP contribution in [0.25, 0.3) is 10.9 Å². The van der Waals surface area contributed by atoms with Crippen molar-refractivity contribution in [1.29, 1.82) is 0 Å². The number of methoxy groups -OCH3 is 1. The van der Waals surface area contributed by atoms with Crippen molar-refractivity contribution >= 4 is 16.9 Å². The summed E-state index contributed by atoms with van der Waals surface area (Å²) in [5.41, 5.74) is 1.77. The summed E-state index contributed by atoms with van der Waals surface area (Å²) in [5, 5.41) is 0.449. The van der Waals surface area contributed by atoms with E-state index in [4.69, 9.17) is 14.2 Å². The number of nitrogens with zero attached hydrogens (tertiary/aromatic N) is 2. The highest BCUT2D eigenvalue weighted by atomic mass is 16.7. The van der Waals surface area contributed by atoms with Crippen molar-refractivity contribution in [2.45, 2.75) is 44.8 Å². The maximum Gasteiger partial charge on any atom is 0.337 e. The van der Waals surface area contributed by atoms with Gasteiger partial charge >= 0.3 is 5.97 Å². The molecule has 166 valence electrons. The molecule has 0 radical (unpaired) electrons. The van der Waals surface area contributed by atoms with Crippen LogP contribution in [0.3, 0.4) is 0 Å². The summed E-state index contributed by atoms with van der Waals surface area (Å²) in [5.74, 6) is 1.66. The molecule has 2 heterocycles. The Hall–Kier alpha value is -3.39. The molecule has 3 aromatic rings. The van der Waals surface area contributed by atoms with Crippen LogP contribution in [0.15, 0.2) is 41.2 Å². The summed E-state index contributed by atoms with van der Waals surface area (Å²) in [7, 11) is 1.33. The average Bonchev–Trinajstić information content (AvgIpc) is 3.49. The first-order chi connectivity index (χ1) is 15.6. The largest absolute Gasteiger partial charge is 0.465 e. The molecule has 0 unspecified atom stereocenters. The van der Waals surface area contributed by atoms with Crippen molar-refractivity contribution in [3.8, 4) is 11.5 Å². The van der Waals surface area contributed by atoms with Crippen molar-refractivity contribution < 1.29 is 19.0 Å². The number of H-pyrrole nitrogens is 1. The molecule has 1 aliphatic carbocycles. The van der Waals surface area contributed by atoms with Gasteiger partial charge in [0.25, 0.3) is 5.56 Å². The SMILES string of the molecule is COC(=O)c1ccc2c(=O)[nH]c(CN(Cc3ccc4c(c3)OCO4)C3CCCC3)nc2c1. The summed E-state index contributed by atoms with van der Waals surface area (Å²) < 4.78 is 15.7. The van der Waals surface area contributed by atoms with Gasteiger partial charge in [-0.1, -0.05) is 18.9 Å². The number of hydrogen-bond donors (Lipinski definition) is 1. The molecular formula is C24H25N3O5. The lowest BCUT2D eigenvalue weighted by Crippen LogP contribution is -2.33. The zero-order chi connectivity index (χ0) is 22.1. The van der Waals surface area contributed by atoms with E-state index in [1.54, 1.807) is 18.2 Å². The van der Waals surface area contributed by atoms with Gasteiger partial charge in [-0.15, -0.1) is 0 Å². The van der Waals surface area contributed by atoms with Crippen molar-refractivity contribution in [3.63, 3.8) is 0 Å². The predicted molar refractivity (Wildman–Crippen MR) is 118 cm³/mol. The molecule has 5 rings (SSSR count). The number of rotatable bonds is 6. The fourth-order valence-electron chi connectivity index (χ4n) is 4.56. The number of esters is 1. The number of carbonyl (C=O) groups excluding carboxylic acids is 1. The van der Waals surface area contributed by atoms with E-state index in [1.165, 1.54) is 20.0 Å². The molecule has 8 heteroatoms. The molecule has 8 nitrogen and oxygen atoms in total. The maximum atomic E-state index is 12.7. The van der Waals surface area contributed by atoms with Gasteiger partial charge in [0, 0.05) is 12.6 Å². The minimum Gasteiger partial charge on any atom is -0.465 e. The van der Waals surface area contributed by atoms with Crippen molar-refractivity contribution in [1.82, 2.24) is 14.9 Å². The van der Waals surface area contributed by atoms with Crippen LogP contribution in [0.1, 0.15) is 47.4 Å². The second-order valence-corrected chi connectivity index (χ2v) is 8.27. The molecule has 2 aromatic carbocycles. The Balaban J connectivity index is 1.44. The predicted octanol–water partition coefficient (Wildman–Crippen LogP) is 3.38. The summed E-state index contributed by atoms with van der Waals surface area (Å²) in [6.45, 7) is 1.47. The van der Waals surface area contributed by atoms with Gasteiger partial charge in [0.2, 0.25) is 6.79 Å². The van der Waals surface area contributed by atoms with E-state index in [2.05, 4.69) is 20.9 Å². The number of hydrogen-bond acceptors (Lipinski definition) is 7. The third-order valence-corrected chi connectivity index (χ3v) is 6.19. The van der Waals surface area contributed by atoms with Crippen LogP contribution in [-0.2, 0) is 17.8 Å². The quantitative estimate of drug-likeness (QED) is 0.593. The van der Waals surface area contributed by atoms with Crippen molar-refractivity contribution in [2.75, 3.05) is 13.9 Å². The molecule has 0 saturated heterocycles. The first kappa shape index (κ1) is 20.5. The molecule has 1 aromatic heterocycles. The average molecular weight is 435 g/mol. The molecule has 0 bridgehead atoms.